The second-order valence-corrected chi connectivity index (χ2v) is 8.02. The van der Waals surface area contributed by atoms with Crippen LogP contribution in [0.25, 0.3) is 5.65 Å². The number of nitrogens with zero attached hydrogens (tertiary/aromatic N) is 6. The van der Waals surface area contributed by atoms with E-state index in [1.165, 1.54) is 5.69 Å². The molecular weight excluding hydrogens is 336 g/mol. The van der Waals surface area contributed by atoms with Crippen molar-refractivity contribution in [3.05, 3.63) is 54.1 Å². The molecule has 1 aliphatic heterocycles. The first-order valence-corrected chi connectivity index (χ1v) is 9.29. The number of anilines is 2. The molecule has 1 saturated heterocycles. The average molecular weight is 360 g/mol. The van der Waals surface area contributed by atoms with Crippen molar-refractivity contribution in [1.82, 2.24) is 14.4 Å². The summed E-state index contributed by atoms with van der Waals surface area (Å²) in [6, 6.07) is 10.1. The van der Waals surface area contributed by atoms with E-state index < -0.39 is 0 Å². The largest absolute Gasteiger partial charge is 0.367 e. The van der Waals surface area contributed by atoms with Gasteiger partial charge in [0.05, 0.1) is 16.9 Å². The van der Waals surface area contributed by atoms with E-state index in [-0.39, 0.29) is 5.41 Å². The minimum absolute atomic E-state index is 0.0475. The van der Waals surface area contributed by atoms with Crippen LogP contribution in [-0.2, 0) is 5.41 Å². The molecular formula is C21H24N6. The standard InChI is InChI=1S/C21H24N6/c1-21(2,3)18-15-27-14-17(5-7-20(27)24-18)25-8-10-26(11-9-25)19-6-4-16(12-22)13-23-19/h4-7,13-15H,8-11H2,1-3H3. The SMILES string of the molecule is CC(C)(C)c1cn2cc(N3CCN(c4ccc(C#N)cn4)CC3)ccc2n1. The molecule has 0 aliphatic carbocycles. The number of hydrogen-bond donors (Lipinski definition) is 0. The molecule has 0 bridgehead atoms. The second kappa shape index (κ2) is 6.58. The Morgan fingerprint density at radius 2 is 1.70 bits per heavy atom. The lowest BCUT2D eigenvalue weighted by Crippen LogP contribution is -2.46. The molecule has 0 radical (unpaired) electrons. The van der Waals surface area contributed by atoms with Gasteiger partial charge >= 0.3 is 0 Å². The number of aromatic nitrogens is 3. The maximum absolute atomic E-state index is 8.90. The normalized spacial score (nSPS) is 15.2. The number of piperazine rings is 1. The summed E-state index contributed by atoms with van der Waals surface area (Å²) in [6.07, 6.45) is 5.95. The molecule has 4 rings (SSSR count). The van der Waals surface area contributed by atoms with E-state index in [0.29, 0.717) is 5.56 Å². The van der Waals surface area contributed by atoms with E-state index >= 15 is 0 Å². The number of rotatable bonds is 2. The summed E-state index contributed by atoms with van der Waals surface area (Å²) in [6.45, 7) is 10.3. The number of fused-ring (bicyclic) bond motifs is 1. The molecule has 0 spiro atoms. The van der Waals surface area contributed by atoms with Gasteiger partial charge in [-0.2, -0.15) is 5.26 Å². The van der Waals surface area contributed by atoms with Crippen LogP contribution in [0.2, 0.25) is 0 Å². The maximum atomic E-state index is 8.90. The third-order valence-corrected chi connectivity index (χ3v) is 5.05. The molecule has 6 heteroatoms. The van der Waals surface area contributed by atoms with Crippen molar-refractivity contribution in [2.75, 3.05) is 36.0 Å². The van der Waals surface area contributed by atoms with Crippen LogP contribution < -0.4 is 9.80 Å². The van der Waals surface area contributed by atoms with Crippen LogP contribution in [0.15, 0.2) is 42.9 Å². The molecule has 0 unspecified atom stereocenters. The lowest BCUT2D eigenvalue weighted by molar-refractivity contribution is 0.573. The molecule has 6 nitrogen and oxygen atoms in total. The number of nitriles is 1. The van der Waals surface area contributed by atoms with Gasteiger partial charge < -0.3 is 14.2 Å². The Kier molecular flexibility index (Phi) is 4.23. The van der Waals surface area contributed by atoms with Gasteiger partial charge in [0.2, 0.25) is 0 Å². The van der Waals surface area contributed by atoms with E-state index in [1.54, 1.807) is 6.20 Å². The van der Waals surface area contributed by atoms with Crippen molar-refractivity contribution in [2.45, 2.75) is 26.2 Å². The minimum atomic E-state index is 0.0475. The Balaban J connectivity index is 1.48. The molecule has 0 aromatic carbocycles. The van der Waals surface area contributed by atoms with Crippen molar-refractivity contribution in [3.63, 3.8) is 0 Å². The molecule has 3 aromatic rings. The first-order valence-electron chi connectivity index (χ1n) is 9.29. The third-order valence-electron chi connectivity index (χ3n) is 5.05. The Bertz CT molecular complexity index is 982. The van der Waals surface area contributed by atoms with Gasteiger partial charge in [-0.25, -0.2) is 9.97 Å². The van der Waals surface area contributed by atoms with Gasteiger partial charge in [0.1, 0.15) is 17.5 Å². The molecule has 3 aromatic heterocycles. The number of hydrogen-bond acceptors (Lipinski definition) is 5. The highest BCUT2D eigenvalue weighted by molar-refractivity contribution is 5.54. The zero-order chi connectivity index (χ0) is 19.0. The lowest BCUT2D eigenvalue weighted by atomic mass is 9.93. The molecule has 0 atom stereocenters. The van der Waals surface area contributed by atoms with Crippen LogP contribution in [0.4, 0.5) is 11.5 Å². The molecule has 4 heterocycles. The van der Waals surface area contributed by atoms with Crippen molar-refractivity contribution in [2.24, 2.45) is 0 Å². The highest BCUT2D eigenvalue weighted by Gasteiger charge is 2.20. The summed E-state index contributed by atoms with van der Waals surface area (Å²) in [4.78, 5) is 13.8. The summed E-state index contributed by atoms with van der Waals surface area (Å²) in [5.74, 6) is 0.938. The summed E-state index contributed by atoms with van der Waals surface area (Å²) in [5, 5.41) is 8.90. The second-order valence-electron chi connectivity index (χ2n) is 8.02. The van der Waals surface area contributed by atoms with Gasteiger partial charge in [0, 0.05) is 50.2 Å². The summed E-state index contributed by atoms with van der Waals surface area (Å²) in [7, 11) is 0. The fourth-order valence-electron chi connectivity index (χ4n) is 3.36. The van der Waals surface area contributed by atoms with Gasteiger partial charge in [0.25, 0.3) is 0 Å². The Hall–Kier alpha value is -3.07. The van der Waals surface area contributed by atoms with Gasteiger partial charge in [-0.1, -0.05) is 20.8 Å². The Morgan fingerprint density at radius 1 is 0.963 bits per heavy atom. The van der Waals surface area contributed by atoms with E-state index in [4.69, 9.17) is 10.2 Å². The third kappa shape index (κ3) is 3.45. The molecule has 27 heavy (non-hydrogen) atoms. The molecule has 0 saturated carbocycles. The Labute approximate surface area is 159 Å². The summed E-state index contributed by atoms with van der Waals surface area (Å²) in [5.41, 5.74) is 3.96. The van der Waals surface area contributed by atoms with E-state index in [9.17, 15) is 0 Å². The van der Waals surface area contributed by atoms with Crippen LogP contribution in [-0.4, -0.2) is 40.5 Å². The minimum Gasteiger partial charge on any atom is -0.367 e. The smallest absolute Gasteiger partial charge is 0.137 e. The molecule has 1 aliphatic rings. The van der Waals surface area contributed by atoms with Crippen molar-refractivity contribution < 1.29 is 0 Å². The fraction of sp³-hybridized carbons (Fsp3) is 0.381. The van der Waals surface area contributed by atoms with Gasteiger partial charge in [-0.05, 0) is 24.3 Å². The predicted molar refractivity (Wildman–Crippen MR) is 107 cm³/mol. The van der Waals surface area contributed by atoms with E-state index in [0.717, 1.165) is 43.3 Å². The summed E-state index contributed by atoms with van der Waals surface area (Å²) >= 11 is 0. The van der Waals surface area contributed by atoms with Crippen molar-refractivity contribution >= 4 is 17.2 Å². The van der Waals surface area contributed by atoms with Crippen LogP contribution in [0.1, 0.15) is 32.0 Å². The van der Waals surface area contributed by atoms with Gasteiger partial charge in [-0.15, -0.1) is 0 Å². The Morgan fingerprint density at radius 3 is 2.33 bits per heavy atom. The van der Waals surface area contributed by atoms with Gasteiger partial charge in [-0.3, -0.25) is 0 Å². The number of pyridine rings is 2. The molecule has 0 N–H and O–H groups in total. The quantitative estimate of drug-likeness (QED) is 0.702. The van der Waals surface area contributed by atoms with Gasteiger partial charge in [0.15, 0.2) is 0 Å². The highest BCUT2D eigenvalue weighted by Crippen LogP contribution is 2.24. The zero-order valence-electron chi connectivity index (χ0n) is 16.1. The fourth-order valence-corrected chi connectivity index (χ4v) is 3.36. The topological polar surface area (TPSA) is 60.5 Å². The zero-order valence-corrected chi connectivity index (χ0v) is 16.1. The van der Waals surface area contributed by atoms with Crippen molar-refractivity contribution in [1.29, 1.82) is 5.26 Å². The van der Waals surface area contributed by atoms with Crippen molar-refractivity contribution in [3.8, 4) is 6.07 Å². The highest BCUT2D eigenvalue weighted by atomic mass is 15.3. The summed E-state index contributed by atoms with van der Waals surface area (Å²) < 4.78 is 2.13. The van der Waals surface area contributed by atoms with Crippen LogP contribution >= 0.6 is 0 Å². The van der Waals surface area contributed by atoms with E-state index in [2.05, 4.69) is 70.6 Å². The van der Waals surface area contributed by atoms with E-state index in [1.807, 2.05) is 12.1 Å². The molecule has 138 valence electrons. The molecule has 1 fully saturated rings. The van der Waals surface area contributed by atoms with Crippen LogP contribution in [0, 0.1) is 11.3 Å². The van der Waals surface area contributed by atoms with Crippen LogP contribution in [0.5, 0.6) is 0 Å². The monoisotopic (exact) mass is 360 g/mol. The molecule has 0 amide bonds. The van der Waals surface area contributed by atoms with Crippen LogP contribution in [0.3, 0.4) is 0 Å². The first kappa shape index (κ1) is 17.3. The lowest BCUT2D eigenvalue weighted by Gasteiger charge is -2.36. The maximum Gasteiger partial charge on any atom is 0.137 e. The first-order chi connectivity index (χ1) is 12.9. The predicted octanol–water partition coefficient (Wildman–Crippen LogP) is 3.23. The number of imidazole rings is 1. The average Bonchev–Trinajstić information content (AvgIpc) is 3.12.